The second-order valence-corrected chi connectivity index (χ2v) is 20.7. The third-order valence-corrected chi connectivity index (χ3v) is 13.9. The van der Waals surface area contributed by atoms with E-state index in [1.807, 2.05) is 6.08 Å². The topological polar surface area (TPSA) is 175 Å². The molecule has 1 aliphatic rings. The molecule has 1 fully saturated rings. The highest BCUT2D eigenvalue weighted by atomic mass is 16.7. The fourth-order valence-corrected chi connectivity index (χ4v) is 9.11. The van der Waals surface area contributed by atoms with E-state index >= 15 is 0 Å². The monoisotopic (exact) mass is 1020 g/mol. The highest BCUT2D eigenvalue weighted by Gasteiger charge is 2.44. The fourth-order valence-electron chi connectivity index (χ4n) is 9.11. The number of hydrogen-bond donors (Lipinski definition) is 6. The molecule has 0 aliphatic carbocycles. The van der Waals surface area contributed by atoms with E-state index < -0.39 is 49.5 Å². The van der Waals surface area contributed by atoms with Gasteiger partial charge in [-0.05, 0) is 83.5 Å². The van der Waals surface area contributed by atoms with Crippen LogP contribution in [0.1, 0.15) is 264 Å². The molecule has 1 heterocycles. The number of esters is 1. The largest absolute Gasteiger partial charge is 0.466 e. The van der Waals surface area contributed by atoms with Gasteiger partial charge < -0.3 is 45.1 Å². The predicted molar refractivity (Wildman–Crippen MR) is 297 cm³/mol. The zero-order chi connectivity index (χ0) is 52.4. The number of amides is 1. The zero-order valence-corrected chi connectivity index (χ0v) is 46.1. The minimum atomic E-state index is -1.57. The van der Waals surface area contributed by atoms with E-state index in [2.05, 4.69) is 55.6 Å². The lowest BCUT2D eigenvalue weighted by Crippen LogP contribution is -2.60. The van der Waals surface area contributed by atoms with Gasteiger partial charge in [0.2, 0.25) is 5.91 Å². The Kier molecular flexibility index (Phi) is 47.7. The van der Waals surface area contributed by atoms with Crippen molar-refractivity contribution in [3.05, 3.63) is 48.6 Å². The van der Waals surface area contributed by atoms with Crippen LogP contribution in [0.3, 0.4) is 0 Å². The molecule has 7 unspecified atom stereocenters. The summed E-state index contributed by atoms with van der Waals surface area (Å²) in [6, 6.07) is -0.814. The van der Waals surface area contributed by atoms with Crippen molar-refractivity contribution in [1.29, 1.82) is 0 Å². The minimum Gasteiger partial charge on any atom is -0.466 e. The summed E-state index contributed by atoms with van der Waals surface area (Å²) in [5.74, 6) is -0.210. The maximum absolute atomic E-state index is 13.0. The molecule has 420 valence electrons. The lowest BCUT2D eigenvalue weighted by Gasteiger charge is -2.40. The Morgan fingerprint density at radius 1 is 0.514 bits per heavy atom. The lowest BCUT2D eigenvalue weighted by molar-refractivity contribution is -0.302. The van der Waals surface area contributed by atoms with Gasteiger partial charge in [-0.2, -0.15) is 0 Å². The van der Waals surface area contributed by atoms with E-state index in [-0.39, 0.29) is 18.5 Å². The average molecular weight is 1020 g/mol. The molecule has 0 aromatic rings. The molecule has 11 heteroatoms. The summed E-state index contributed by atoms with van der Waals surface area (Å²) in [5, 5.41) is 54.2. The van der Waals surface area contributed by atoms with Crippen LogP contribution in [0.25, 0.3) is 0 Å². The number of ether oxygens (including phenoxy) is 3. The normalized spacial score (nSPS) is 19.3. The van der Waals surface area contributed by atoms with E-state index in [9.17, 15) is 35.1 Å². The molecular weight excluding hydrogens is 907 g/mol. The Morgan fingerprint density at radius 2 is 0.958 bits per heavy atom. The van der Waals surface area contributed by atoms with E-state index in [4.69, 9.17) is 14.2 Å². The molecule has 0 spiro atoms. The summed E-state index contributed by atoms with van der Waals surface area (Å²) in [6.07, 6.45) is 53.6. The lowest BCUT2D eigenvalue weighted by atomic mass is 9.99. The van der Waals surface area contributed by atoms with E-state index in [0.29, 0.717) is 19.4 Å². The van der Waals surface area contributed by atoms with Crippen molar-refractivity contribution in [3.63, 3.8) is 0 Å². The second kappa shape index (κ2) is 50.8. The highest BCUT2D eigenvalue weighted by Crippen LogP contribution is 2.23. The van der Waals surface area contributed by atoms with Gasteiger partial charge in [-0.1, -0.05) is 217 Å². The summed E-state index contributed by atoms with van der Waals surface area (Å²) in [6.45, 7) is 4.23. The highest BCUT2D eigenvalue weighted by molar-refractivity contribution is 5.76. The van der Waals surface area contributed by atoms with Gasteiger partial charge in [-0.15, -0.1) is 0 Å². The molecule has 1 aliphatic heterocycles. The molecule has 0 bridgehead atoms. The van der Waals surface area contributed by atoms with Crippen LogP contribution in [0.15, 0.2) is 48.6 Å². The molecule has 0 saturated carbocycles. The van der Waals surface area contributed by atoms with Gasteiger partial charge in [-0.3, -0.25) is 9.59 Å². The van der Waals surface area contributed by atoms with Crippen molar-refractivity contribution < 1.29 is 49.3 Å². The summed E-state index contributed by atoms with van der Waals surface area (Å²) in [5.41, 5.74) is 0. The van der Waals surface area contributed by atoms with Crippen molar-refractivity contribution in [2.24, 2.45) is 0 Å². The third kappa shape index (κ3) is 40.0. The first-order chi connectivity index (χ1) is 35.2. The van der Waals surface area contributed by atoms with Gasteiger partial charge in [0, 0.05) is 12.8 Å². The van der Waals surface area contributed by atoms with Crippen molar-refractivity contribution in [3.8, 4) is 0 Å². The van der Waals surface area contributed by atoms with Crippen LogP contribution in [-0.4, -0.2) is 100 Å². The zero-order valence-electron chi connectivity index (χ0n) is 46.1. The number of aliphatic hydroxyl groups is 5. The average Bonchev–Trinajstić information content (AvgIpc) is 3.38. The maximum Gasteiger partial charge on any atom is 0.305 e. The Balaban J connectivity index is 2.02. The van der Waals surface area contributed by atoms with Gasteiger partial charge >= 0.3 is 5.97 Å². The first kappa shape index (κ1) is 67.6. The van der Waals surface area contributed by atoms with Crippen LogP contribution in [-0.2, 0) is 23.8 Å². The van der Waals surface area contributed by atoms with E-state index in [1.54, 1.807) is 6.08 Å². The molecule has 0 aromatic heterocycles. The molecule has 7 atom stereocenters. The third-order valence-electron chi connectivity index (χ3n) is 13.9. The summed E-state index contributed by atoms with van der Waals surface area (Å²) in [4.78, 5) is 25.0. The Hall–Kier alpha value is -2.38. The van der Waals surface area contributed by atoms with Crippen LogP contribution >= 0.6 is 0 Å². The van der Waals surface area contributed by atoms with Crippen molar-refractivity contribution in [2.75, 3.05) is 19.8 Å². The number of unbranched alkanes of at least 4 members (excludes halogenated alkanes) is 31. The van der Waals surface area contributed by atoms with Crippen molar-refractivity contribution >= 4 is 11.9 Å². The first-order valence-electron chi connectivity index (χ1n) is 29.9. The fraction of sp³-hybridized carbons (Fsp3) is 0.836. The number of rotatable bonds is 51. The molecule has 1 amide bonds. The Bertz CT molecular complexity index is 1340. The molecule has 0 radical (unpaired) electrons. The van der Waals surface area contributed by atoms with E-state index in [0.717, 1.165) is 89.9 Å². The smallest absolute Gasteiger partial charge is 0.305 e. The predicted octanol–water partition coefficient (Wildman–Crippen LogP) is 13.7. The van der Waals surface area contributed by atoms with Crippen molar-refractivity contribution in [2.45, 2.75) is 307 Å². The molecular formula is C61H111NO10. The Morgan fingerprint density at radius 3 is 1.47 bits per heavy atom. The molecule has 11 nitrogen and oxygen atoms in total. The van der Waals surface area contributed by atoms with Gasteiger partial charge in [0.25, 0.3) is 0 Å². The van der Waals surface area contributed by atoms with Crippen LogP contribution < -0.4 is 5.32 Å². The number of aliphatic hydroxyl groups excluding tert-OH is 5. The quantitative estimate of drug-likeness (QED) is 0.0195. The van der Waals surface area contributed by atoms with Crippen molar-refractivity contribution in [1.82, 2.24) is 5.32 Å². The van der Waals surface area contributed by atoms with Crippen LogP contribution in [0, 0.1) is 0 Å². The maximum atomic E-state index is 13.0. The van der Waals surface area contributed by atoms with Gasteiger partial charge in [-0.25, -0.2) is 0 Å². The minimum absolute atomic E-state index is 0.0185. The first-order valence-corrected chi connectivity index (χ1v) is 29.9. The molecule has 6 N–H and O–H groups in total. The van der Waals surface area contributed by atoms with Gasteiger partial charge in [0.15, 0.2) is 6.29 Å². The number of nitrogens with one attached hydrogen (secondary N) is 1. The molecule has 0 aromatic carbocycles. The summed E-state index contributed by atoms with van der Waals surface area (Å²) in [7, 11) is 0. The van der Waals surface area contributed by atoms with Crippen LogP contribution in [0.5, 0.6) is 0 Å². The molecule has 1 rings (SSSR count). The van der Waals surface area contributed by atoms with Gasteiger partial charge in [0.05, 0.1) is 32.0 Å². The summed E-state index contributed by atoms with van der Waals surface area (Å²) < 4.78 is 16.7. The molecule has 72 heavy (non-hydrogen) atoms. The number of carbonyl (C=O) groups is 2. The van der Waals surface area contributed by atoms with Crippen LogP contribution in [0.4, 0.5) is 0 Å². The van der Waals surface area contributed by atoms with E-state index in [1.165, 1.54) is 148 Å². The number of carbonyl (C=O) groups excluding carboxylic acids is 2. The van der Waals surface area contributed by atoms with Crippen LogP contribution in [0.2, 0.25) is 0 Å². The second-order valence-electron chi connectivity index (χ2n) is 20.7. The summed E-state index contributed by atoms with van der Waals surface area (Å²) >= 11 is 0. The number of allylic oxidation sites excluding steroid dienone is 7. The Labute approximate surface area is 440 Å². The SMILES string of the molecule is CCC/C=C\C/C=C\CCCCCCCC(=O)OCCCCCCCCCCCCC/C=C\CCCCCCCCCC(=O)NC(COC1OC(CO)C(O)C(O)C1O)C(O)/C=C/CCCCCCCCC. The number of hydrogen-bond acceptors (Lipinski definition) is 10. The molecule has 1 saturated heterocycles. The van der Waals surface area contributed by atoms with Gasteiger partial charge in [0.1, 0.15) is 24.4 Å². The standard InChI is InChI=1S/C61H111NO10/c1-3-5-7-9-11-13-14-25-29-33-37-41-45-49-57(66)70-50-46-42-38-34-30-27-24-22-20-18-16-15-17-19-21-23-26-28-32-36-40-44-48-56(65)62-53(54(64)47-43-39-35-31-12-10-8-6-4-2)52-71-61-60(69)59(68)58(67)55(51-63)72-61/h7,9,13-14,17,19,43,47,53-55,58-61,63-64,67-69H,3-6,8,10-12,15-16,18,20-42,44-46,48-52H2,1-2H3,(H,62,65)/b9-7-,14-13-,19-17-,47-43+.